The number of aryl methyl sites for hydroxylation is 1. The number of aromatic amines is 1. The maximum Gasteiger partial charge on any atom is 0.268 e. The Morgan fingerprint density at radius 2 is 1.90 bits per heavy atom. The highest BCUT2D eigenvalue weighted by Crippen LogP contribution is 2.26. The van der Waals surface area contributed by atoms with Gasteiger partial charge in [-0.2, -0.15) is 0 Å². The van der Waals surface area contributed by atoms with Crippen LogP contribution in [0.5, 0.6) is 0 Å². The molecule has 1 aliphatic rings. The van der Waals surface area contributed by atoms with Gasteiger partial charge in [-0.1, -0.05) is 30.3 Å². The molecule has 0 spiro atoms. The maximum absolute atomic E-state index is 12.9. The van der Waals surface area contributed by atoms with Gasteiger partial charge in [-0.25, -0.2) is 0 Å². The molecule has 8 nitrogen and oxygen atoms in total. The Kier molecular flexibility index (Phi) is 6.10. The Bertz CT molecular complexity index is 1070. The fraction of sp³-hybridized carbons (Fsp3) is 0.364. The number of aromatic nitrogens is 1. The SMILES string of the molecule is Cc1csc2cc(C(=O)N[C@@H](Cc3ccccc3)C(O)C(=O)N3C[C@@H](O)[C@@H](O)C3)[nH]c12. The molecule has 3 heterocycles. The van der Waals surface area contributed by atoms with E-state index in [-0.39, 0.29) is 19.5 Å². The maximum atomic E-state index is 12.9. The van der Waals surface area contributed by atoms with Gasteiger partial charge in [-0.15, -0.1) is 11.3 Å². The molecule has 2 aromatic heterocycles. The molecule has 164 valence electrons. The van der Waals surface area contributed by atoms with Crippen LogP contribution in [-0.4, -0.2) is 74.5 Å². The zero-order valence-electron chi connectivity index (χ0n) is 17.0. The molecule has 1 aliphatic heterocycles. The quantitative estimate of drug-likeness (QED) is 0.385. The zero-order valence-corrected chi connectivity index (χ0v) is 17.8. The average molecular weight is 444 g/mol. The Morgan fingerprint density at radius 3 is 2.55 bits per heavy atom. The fourth-order valence-electron chi connectivity index (χ4n) is 3.82. The van der Waals surface area contributed by atoms with E-state index in [0.717, 1.165) is 21.3 Å². The third-order valence-electron chi connectivity index (χ3n) is 5.60. The predicted octanol–water partition coefficient (Wildman–Crippen LogP) is 0.804. The first-order chi connectivity index (χ1) is 14.8. The number of nitrogens with zero attached hydrogens (tertiary/aromatic N) is 1. The number of aliphatic hydroxyl groups is 3. The van der Waals surface area contributed by atoms with Crippen molar-refractivity contribution < 1.29 is 24.9 Å². The first-order valence-electron chi connectivity index (χ1n) is 10.1. The van der Waals surface area contributed by atoms with Crippen LogP contribution in [0.2, 0.25) is 0 Å². The first-order valence-corrected chi connectivity index (χ1v) is 11.0. The van der Waals surface area contributed by atoms with Crippen LogP contribution >= 0.6 is 11.3 Å². The summed E-state index contributed by atoms with van der Waals surface area (Å²) in [7, 11) is 0. The van der Waals surface area contributed by atoms with E-state index in [1.165, 1.54) is 16.2 Å². The third-order valence-corrected chi connectivity index (χ3v) is 6.65. The van der Waals surface area contributed by atoms with Gasteiger partial charge in [0, 0.05) is 13.1 Å². The van der Waals surface area contributed by atoms with Gasteiger partial charge in [0.25, 0.3) is 11.8 Å². The van der Waals surface area contributed by atoms with E-state index in [9.17, 15) is 24.9 Å². The Morgan fingerprint density at radius 1 is 1.23 bits per heavy atom. The van der Waals surface area contributed by atoms with E-state index < -0.39 is 36.2 Å². The second kappa shape index (κ2) is 8.80. The van der Waals surface area contributed by atoms with Crippen molar-refractivity contribution in [3.8, 4) is 0 Å². The van der Waals surface area contributed by atoms with Crippen molar-refractivity contribution in [2.45, 2.75) is 37.7 Å². The molecule has 4 atom stereocenters. The van der Waals surface area contributed by atoms with Gasteiger partial charge >= 0.3 is 0 Å². The molecular formula is C22H25N3O5S. The normalized spacial score (nSPS) is 20.7. The number of β-amino-alcohol motifs (C(OH)–C–C–N with tert-alkyl or cyclic N) is 2. The summed E-state index contributed by atoms with van der Waals surface area (Å²) in [5.41, 5.74) is 3.15. The number of H-pyrrole nitrogens is 1. The molecule has 0 aliphatic carbocycles. The molecule has 31 heavy (non-hydrogen) atoms. The van der Waals surface area contributed by atoms with Crippen molar-refractivity contribution in [2.75, 3.05) is 13.1 Å². The van der Waals surface area contributed by atoms with Crippen LogP contribution in [-0.2, 0) is 11.2 Å². The number of hydrogen-bond donors (Lipinski definition) is 5. The molecule has 4 rings (SSSR count). The summed E-state index contributed by atoms with van der Waals surface area (Å²) in [5, 5.41) is 35.1. The van der Waals surface area contributed by atoms with Crippen molar-refractivity contribution in [3.63, 3.8) is 0 Å². The fourth-order valence-corrected chi connectivity index (χ4v) is 4.76. The van der Waals surface area contributed by atoms with Crippen LogP contribution in [0.3, 0.4) is 0 Å². The Labute approximate surface area is 183 Å². The van der Waals surface area contributed by atoms with Gasteiger partial charge in [-0.05, 0) is 35.9 Å². The van der Waals surface area contributed by atoms with E-state index in [1.807, 2.05) is 42.6 Å². The van der Waals surface area contributed by atoms with Crippen LogP contribution in [0.15, 0.2) is 41.8 Å². The Balaban J connectivity index is 1.54. The predicted molar refractivity (Wildman–Crippen MR) is 117 cm³/mol. The molecule has 0 bridgehead atoms. The molecule has 9 heteroatoms. The lowest BCUT2D eigenvalue weighted by Crippen LogP contribution is -2.52. The zero-order chi connectivity index (χ0) is 22.1. The number of fused-ring (bicyclic) bond motifs is 1. The minimum Gasteiger partial charge on any atom is -0.388 e. The summed E-state index contributed by atoms with van der Waals surface area (Å²) in [6, 6.07) is 10.1. The van der Waals surface area contributed by atoms with Gasteiger partial charge in [0.2, 0.25) is 0 Å². The number of amides is 2. The summed E-state index contributed by atoms with van der Waals surface area (Å²) in [4.78, 5) is 30.1. The molecular weight excluding hydrogens is 418 g/mol. The van der Waals surface area contributed by atoms with Crippen LogP contribution in [0.25, 0.3) is 10.2 Å². The standard InChI is InChI=1S/C22H25N3O5S/c1-12-11-31-18-8-15(23-19(12)18)21(29)24-14(7-13-5-3-2-4-6-13)20(28)22(30)25-9-16(26)17(27)10-25/h2-6,8,11,14,16-17,20,23,26-28H,7,9-10H2,1H3,(H,24,29)/t14-,16-,17+,20?/m0/s1. The van der Waals surface area contributed by atoms with E-state index in [2.05, 4.69) is 10.3 Å². The lowest BCUT2D eigenvalue weighted by Gasteiger charge is -2.27. The highest BCUT2D eigenvalue weighted by atomic mass is 32.1. The number of hydrogen-bond acceptors (Lipinski definition) is 6. The van der Waals surface area contributed by atoms with E-state index in [0.29, 0.717) is 5.69 Å². The summed E-state index contributed by atoms with van der Waals surface area (Å²) in [6.07, 6.45) is -3.38. The lowest BCUT2D eigenvalue weighted by atomic mass is 10.00. The number of thiophene rings is 1. The molecule has 0 saturated carbocycles. The largest absolute Gasteiger partial charge is 0.388 e. The molecule has 1 fully saturated rings. The lowest BCUT2D eigenvalue weighted by molar-refractivity contribution is -0.141. The van der Waals surface area contributed by atoms with Gasteiger partial charge in [0.1, 0.15) is 5.69 Å². The number of rotatable bonds is 6. The van der Waals surface area contributed by atoms with Crippen LogP contribution in [0.1, 0.15) is 21.6 Å². The van der Waals surface area contributed by atoms with E-state index >= 15 is 0 Å². The number of carbonyl (C=O) groups is 2. The van der Waals surface area contributed by atoms with Crippen LogP contribution in [0, 0.1) is 6.92 Å². The average Bonchev–Trinajstić information content (AvgIpc) is 3.43. The summed E-state index contributed by atoms with van der Waals surface area (Å²) in [6.45, 7) is 1.83. The second-order valence-corrected chi connectivity index (χ2v) is 8.84. The van der Waals surface area contributed by atoms with Gasteiger partial charge in [0.05, 0.1) is 28.5 Å². The molecule has 0 radical (unpaired) electrons. The van der Waals surface area contributed by atoms with Crippen molar-refractivity contribution in [3.05, 3.63) is 58.6 Å². The molecule has 5 N–H and O–H groups in total. The highest BCUT2D eigenvalue weighted by molar-refractivity contribution is 7.17. The minimum atomic E-state index is -1.53. The van der Waals surface area contributed by atoms with Crippen molar-refractivity contribution in [1.29, 1.82) is 0 Å². The third kappa shape index (κ3) is 4.49. The van der Waals surface area contributed by atoms with Crippen molar-refractivity contribution in [1.82, 2.24) is 15.2 Å². The number of likely N-dealkylation sites (tertiary alicyclic amines) is 1. The van der Waals surface area contributed by atoms with Crippen LogP contribution in [0.4, 0.5) is 0 Å². The molecule has 1 aromatic carbocycles. The monoisotopic (exact) mass is 443 g/mol. The van der Waals surface area contributed by atoms with E-state index in [1.54, 1.807) is 6.07 Å². The number of carbonyl (C=O) groups excluding carboxylic acids is 2. The van der Waals surface area contributed by atoms with Gasteiger partial charge < -0.3 is 30.5 Å². The van der Waals surface area contributed by atoms with Crippen molar-refractivity contribution >= 4 is 33.4 Å². The Hall–Kier alpha value is -2.72. The summed E-state index contributed by atoms with van der Waals surface area (Å²) < 4.78 is 0.957. The topological polar surface area (TPSA) is 126 Å². The first kappa shape index (κ1) is 21.5. The smallest absolute Gasteiger partial charge is 0.268 e. The molecule has 1 saturated heterocycles. The van der Waals surface area contributed by atoms with Crippen molar-refractivity contribution in [2.24, 2.45) is 0 Å². The number of aliphatic hydroxyl groups excluding tert-OH is 3. The summed E-state index contributed by atoms with van der Waals surface area (Å²) >= 11 is 1.53. The molecule has 3 aromatic rings. The number of benzene rings is 1. The van der Waals surface area contributed by atoms with Crippen LogP contribution < -0.4 is 5.32 Å². The summed E-state index contributed by atoms with van der Waals surface area (Å²) in [5.74, 6) is -1.06. The molecule has 1 unspecified atom stereocenters. The molecule has 2 amide bonds. The van der Waals surface area contributed by atoms with Gasteiger partial charge in [-0.3, -0.25) is 9.59 Å². The number of nitrogens with one attached hydrogen (secondary N) is 2. The second-order valence-electron chi connectivity index (χ2n) is 7.93. The highest BCUT2D eigenvalue weighted by Gasteiger charge is 2.38. The minimum absolute atomic E-state index is 0.0603. The van der Waals surface area contributed by atoms with E-state index in [4.69, 9.17) is 0 Å². The van der Waals surface area contributed by atoms with Gasteiger partial charge in [0.15, 0.2) is 6.10 Å².